The summed E-state index contributed by atoms with van der Waals surface area (Å²) in [7, 11) is 1.58. The Morgan fingerprint density at radius 2 is 2.04 bits per heavy atom. The Morgan fingerprint density at radius 3 is 2.74 bits per heavy atom. The van der Waals surface area contributed by atoms with Crippen LogP contribution in [0.4, 0.5) is 5.69 Å². The predicted molar refractivity (Wildman–Crippen MR) is 107 cm³/mol. The van der Waals surface area contributed by atoms with E-state index in [0.717, 1.165) is 11.8 Å². The molecule has 1 heterocycles. The van der Waals surface area contributed by atoms with Crippen LogP contribution in [0.2, 0.25) is 5.02 Å². The van der Waals surface area contributed by atoms with E-state index in [1.807, 2.05) is 0 Å². The van der Waals surface area contributed by atoms with Crippen molar-refractivity contribution in [1.29, 1.82) is 0 Å². The average molecular weight is 402 g/mol. The van der Waals surface area contributed by atoms with Crippen LogP contribution in [0.25, 0.3) is 5.69 Å². The van der Waals surface area contributed by atoms with Crippen LogP contribution in [0.1, 0.15) is 0 Å². The lowest BCUT2D eigenvalue weighted by atomic mass is 10.3. The lowest BCUT2D eigenvalue weighted by Gasteiger charge is -2.08. The van der Waals surface area contributed by atoms with E-state index in [1.165, 1.54) is 10.8 Å². The molecular weight excluding hydrogens is 386 g/mol. The minimum absolute atomic E-state index is 0.0569. The predicted octanol–water partition coefficient (Wildman–Crippen LogP) is 3.63. The van der Waals surface area contributed by atoms with E-state index in [9.17, 15) is 9.59 Å². The number of thioether (sulfide) groups is 1. The number of benzene rings is 2. The minimum Gasteiger partial charge on any atom is -0.497 e. The van der Waals surface area contributed by atoms with Crippen LogP contribution in [0.3, 0.4) is 0 Å². The molecule has 0 spiro atoms. The largest absolute Gasteiger partial charge is 0.497 e. The number of methoxy groups -OCH3 is 1. The van der Waals surface area contributed by atoms with E-state index in [2.05, 4.69) is 10.3 Å². The molecule has 3 rings (SSSR count). The number of rotatable bonds is 6. The van der Waals surface area contributed by atoms with Gasteiger partial charge in [0, 0.05) is 28.8 Å². The normalized spacial score (nSPS) is 10.4. The number of amides is 1. The van der Waals surface area contributed by atoms with Gasteiger partial charge in [0.15, 0.2) is 5.03 Å². The van der Waals surface area contributed by atoms with Gasteiger partial charge in [0.2, 0.25) is 5.91 Å². The van der Waals surface area contributed by atoms with Crippen molar-refractivity contribution < 1.29 is 9.53 Å². The summed E-state index contributed by atoms with van der Waals surface area (Å²) in [6.45, 7) is 0. The molecule has 0 aliphatic carbocycles. The van der Waals surface area contributed by atoms with Gasteiger partial charge in [0.25, 0.3) is 5.56 Å². The second kappa shape index (κ2) is 8.75. The second-order valence-corrected chi connectivity index (χ2v) is 6.85. The van der Waals surface area contributed by atoms with Gasteiger partial charge >= 0.3 is 0 Å². The molecule has 6 nitrogen and oxygen atoms in total. The first-order chi connectivity index (χ1) is 13.1. The minimum atomic E-state index is -0.289. The van der Waals surface area contributed by atoms with Crippen molar-refractivity contribution in [3.63, 3.8) is 0 Å². The van der Waals surface area contributed by atoms with Crippen molar-refractivity contribution in [2.45, 2.75) is 5.03 Å². The molecule has 0 bridgehead atoms. The number of hydrogen-bond donors (Lipinski definition) is 1. The van der Waals surface area contributed by atoms with Gasteiger partial charge in [-0.1, -0.05) is 29.4 Å². The van der Waals surface area contributed by atoms with E-state index in [1.54, 1.807) is 61.8 Å². The van der Waals surface area contributed by atoms with E-state index >= 15 is 0 Å². The number of aromatic nitrogens is 2. The second-order valence-electron chi connectivity index (χ2n) is 5.45. The van der Waals surface area contributed by atoms with Crippen LogP contribution >= 0.6 is 23.4 Å². The molecule has 1 amide bonds. The molecule has 1 aromatic heterocycles. The Labute approximate surface area is 165 Å². The monoisotopic (exact) mass is 401 g/mol. The first-order valence-corrected chi connectivity index (χ1v) is 9.33. The third-order valence-electron chi connectivity index (χ3n) is 3.61. The number of hydrogen-bond acceptors (Lipinski definition) is 5. The quantitative estimate of drug-likeness (QED) is 0.638. The Balaban J connectivity index is 1.70. The molecule has 0 fully saturated rings. The number of nitrogens with zero attached hydrogens (tertiary/aromatic N) is 2. The summed E-state index contributed by atoms with van der Waals surface area (Å²) in [5, 5.41) is 3.52. The number of halogens is 1. The van der Waals surface area contributed by atoms with Gasteiger partial charge in [-0.3, -0.25) is 14.2 Å². The summed E-state index contributed by atoms with van der Waals surface area (Å²) in [5.74, 6) is 0.512. The summed E-state index contributed by atoms with van der Waals surface area (Å²) in [6.07, 6.45) is 3.11. The molecule has 2 aromatic carbocycles. The molecule has 0 saturated heterocycles. The smallest absolute Gasteiger partial charge is 0.287 e. The van der Waals surface area contributed by atoms with Gasteiger partial charge in [-0.05, 0) is 42.5 Å². The molecule has 138 valence electrons. The third-order valence-corrected chi connectivity index (χ3v) is 4.80. The Kier molecular flexibility index (Phi) is 6.16. The molecule has 8 heteroatoms. The zero-order valence-electron chi connectivity index (χ0n) is 14.4. The highest BCUT2D eigenvalue weighted by atomic mass is 35.5. The summed E-state index contributed by atoms with van der Waals surface area (Å²) in [4.78, 5) is 28.8. The molecule has 0 saturated carbocycles. The Morgan fingerprint density at radius 1 is 1.26 bits per heavy atom. The van der Waals surface area contributed by atoms with Crippen LogP contribution in [-0.2, 0) is 4.79 Å². The van der Waals surface area contributed by atoms with Gasteiger partial charge < -0.3 is 10.1 Å². The van der Waals surface area contributed by atoms with Gasteiger partial charge in [-0.25, -0.2) is 4.98 Å². The molecule has 0 aliphatic rings. The first kappa shape index (κ1) is 19.0. The van der Waals surface area contributed by atoms with E-state index in [0.29, 0.717) is 22.1 Å². The van der Waals surface area contributed by atoms with Crippen molar-refractivity contribution in [2.75, 3.05) is 18.2 Å². The van der Waals surface area contributed by atoms with E-state index < -0.39 is 0 Å². The Hall–Kier alpha value is -2.77. The van der Waals surface area contributed by atoms with Crippen molar-refractivity contribution in [2.24, 2.45) is 0 Å². The zero-order chi connectivity index (χ0) is 19.2. The lowest BCUT2D eigenvalue weighted by Crippen LogP contribution is -2.22. The fraction of sp³-hybridized carbons (Fsp3) is 0.105. The van der Waals surface area contributed by atoms with Crippen molar-refractivity contribution in [3.05, 3.63) is 76.3 Å². The van der Waals surface area contributed by atoms with Crippen LogP contribution in [0.5, 0.6) is 5.75 Å². The molecular formula is C19H16ClN3O3S. The number of nitrogens with one attached hydrogen (secondary N) is 1. The fourth-order valence-electron chi connectivity index (χ4n) is 2.34. The maximum absolute atomic E-state index is 12.6. The van der Waals surface area contributed by atoms with Crippen LogP contribution in [0.15, 0.2) is 70.7 Å². The van der Waals surface area contributed by atoms with Crippen LogP contribution in [-0.4, -0.2) is 28.3 Å². The summed E-state index contributed by atoms with van der Waals surface area (Å²) < 4.78 is 6.60. The topological polar surface area (TPSA) is 73.2 Å². The molecule has 3 aromatic rings. The van der Waals surface area contributed by atoms with Gasteiger partial charge in [-0.2, -0.15) is 0 Å². The highest BCUT2D eigenvalue weighted by molar-refractivity contribution is 7.99. The van der Waals surface area contributed by atoms with Crippen molar-refractivity contribution in [1.82, 2.24) is 9.55 Å². The van der Waals surface area contributed by atoms with Gasteiger partial charge in [-0.15, -0.1) is 0 Å². The highest BCUT2D eigenvalue weighted by Crippen LogP contribution is 2.17. The standard InChI is InChI=1S/C19H16ClN3O3S/c1-26-16-7-5-15(6-8-16)23-10-9-21-18(19(23)25)27-12-17(24)22-14-4-2-3-13(20)11-14/h2-11H,12H2,1H3,(H,22,24). The van der Waals surface area contributed by atoms with E-state index in [4.69, 9.17) is 16.3 Å². The molecule has 1 N–H and O–H groups in total. The van der Waals surface area contributed by atoms with Crippen molar-refractivity contribution in [3.8, 4) is 11.4 Å². The summed E-state index contributed by atoms with van der Waals surface area (Å²) in [6, 6.07) is 14.0. The van der Waals surface area contributed by atoms with Crippen LogP contribution in [0, 0.1) is 0 Å². The fourth-order valence-corrected chi connectivity index (χ4v) is 3.22. The van der Waals surface area contributed by atoms with E-state index in [-0.39, 0.29) is 22.2 Å². The Bertz CT molecular complexity index is 1010. The number of ether oxygens (including phenoxy) is 1. The number of anilines is 1. The van der Waals surface area contributed by atoms with Gasteiger partial charge in [0.1, 0.15) is 5.75 Å². The average Bonchev–Trinajstić information content (AvgIpc) is 2.67. The maximum Gasteiger partial charge on any atom is 0.287 e. The van der Waals surface area contributed by atoms with Crippen LogP contribution < -0.4 is 15.6 Å². The molecule has 0 unspecified atom stereocenters. The maximum atomic E-state index is 12.6. The molecule has 0 aliphatic heterocycles. The molecule has 27 heavy (non-hydrogen) atoms. The highest BCUT2D eigenvalue weighted by Gasteiger charge is 2.10. The first-order valence-electron chi connectivity index (χ1n) is 7.97. The number of carbonyl (C=O) groups is 1. The summed E-state index contributed by atoms with van der Waals surface area (Å²) in [5.41, 5.74) is 1.00. The third kappa shape index (κ3) is 4.90. The molecule has 0 atom stereocenters. The SMILES string of the molecule is COc1ccc(-n2ccnc(SCC(=O)Nc3cccc(Cl)c3)c2=O)cc1. The van der Waals surface area contributed by atoms with Crippen molar-refractivity contribution >= 4 is 35.0 Å². The number of carbonyl (C=O) groups excluding carboxylic acids is 1. The molecule has 0 radical (unpaired) electrons. The van der Waals surface area contributed by atoms with Gasteiger partial charge in [0.05, 0.1) is 12.9 Å². The zero-order valence-corrected chi connectivity index (χ0v) is 16.0. The lowest BCUT2D eigenvalue weighted by molar-refractivity contribution is -0.113. The summed E-state index contributed by atoms with van der Waals surface area (Å²) >= 11 is 6.98.